The lowest BCUT2D eigenvalue weighted by Crippen LogP contribution is -2.48. The molecule has 0 saturated carbocycles. The van der Waals surface area contributed by atoms with Crippen molar-refractivity contribution in [3.63, 3.8) is 0 Å². The Morgan fingerprint density at radius 1 is 1.11 bits per heavy atom. The first-order valence-corrected chi connectivity index (χ1v) is 15.7. The number of para-hydroxylation sites is 1. The number of carbonyl (C=O) groups excluding carboxylic acids is 2. The minimum atomic E-state index is -0.552. The number of hydrogen-bond acceptors (Lipinski definition) is 5. The van der Waals surface area contributed by atoms with Crippen LogP contribution in [0.3, 0.4) is 0 Å². The summed E-state index contributed by atoms with van der Waals surface area (Å²) < 4.78 is 30.0. The lowest BCUT2D eigenvalue weighted by atomic mass is 9.87. The zero-order valence-electron chi connectivity index (χ0n) is 26.1. The maximum Gasteiger partial charge on any atom is 0.242 e. The van der Waals surface area contributed by atoms with Gasteiger partial charge in [0.25, 0.3) is 0 Å². The molecule has 10 heteroatoms. The normalized spacial score (nSPS) is 19.1. The number of aromatic nitrogens is 2. The Morgan fingerprint density at radius 2 is 1.91 bits per heavy atom. The molecule has 236 valence electrons. The fraction of sp³-hybridized carbons (Fsp3) is 0.500. The first-order valence-electron chi connectivity index (χ1n) is 15.7. The van der Waals surface area contributed by atoms with Crippen LogP contribution in [0.4, 0.5) is 14.6 Å². The summed E-state index contributed by atoms with van der Waals surface area (Å²) in [7, 11) is 0. The largest absolute Gasteiger partial charge is 0.341 e. The van der Waals surface area contributed by atoms with Crippen molar-refractivity contribution in [3.05, 3.63) is 77.2 Å². The molecule has 1 saturated heterocycles. The van der Waals surface area contributed by atoms with Gasteiger partial charge in [0.05, 0.1) is 17.9 Å². The summed E-state index contributed by atoms with van der Waals surface area (Å²) in [6, 6.07) is 10.1. The zero-order chi connectivity index (χ0) is 31.4. The lowest BCUT2D eigenvalue weighted by Gasteiger charge is -2.29. The molecule has 3 N–H and O–H groups in total. The van der Waals surface area contributed by atoms with Crippen molar-refractivity contribution in [2.24, 2.45) is 5.41 Å². The number of halogens is 2. The number of nitrogens with one attached hydrogen (secondary N) is 3. The third kappa shape index (κ3) is 7.53. The lowest BCUT2D eigenvalue weighted by molar-refractivity contribution is -0.138. The van der Waals surface area contributed by atoms with Gasteiger partial charge in [-0.3, -0.25) is 9.59 Å². The molecule has 2 aromatic carbocycles. The molecule has 3 aromatic rings. The van der Waals surface area contributed by atoms with E-state index in [9.17, 15) is 18.4 Å². The number of likely N-dealkylation sites (tertiary alicyclic amines) is 1. The number of amides is 2. The number of benzene rings is 2. The van der Waals surface area contributed by atoms with Crippen LogP contribution in [0.2, 0.25) is 0 Å². The highest BCUT2D eigenvalue weighted by Crippen LogP contribution is 2.26. The Hall–Kier alpha value is -3.63. The Bertz CT molecular complexity index is 1480. The summed E-state index contributed by atoms with van der Waals surface area (Å²) >= 11 is 0. The molecule has 2 heterocycles. The molecular formula is C34H44F2N6O2. The fourth-order valence-corrected chi connectivity index (χ4v) is 6.28. The van der Waals surface area contributed by atoms with Gasteiger partial charge in [-0.2, -0.15) is 0 Å². The van der Waals surface area contributed by atoms with Crippen LogP contribution in [0.5, 0.6) is 0 Å². The number of carbonyl (C=O) groups is 2. The minimum absolute atomic E-state index is 0.0831. The third-order valence-electron chi connectivity index (χ3n) is 8.60. The van der Waals surface area contributed by atoms with Gasteiger partial charge < -0.3 is 25.4 Å². The van der Waals surface area contributed by atoms with Gasteiger partial charge >= 0.3 is 0 Å². The van der Waals surface area contributed by atoms with Gasteiger partial charge in [0, 0.05) is 43.2 Å². The van der Waals surface area contributed by atoms with Crippen LogP contribution in [-0.2, 0) is 29.0 Å². The number of rotatable bonds is 10. The minimum Gasteiger partial charge on any atom is -0.341 e. The van der Waals surface area contributed by atoms with Gasteiger partial charge in [-0.1, -0.05) is 52.3 Å². The van der Waals surface area contributed by atoms with Crippen LogP contribution >= 0.6 is 0 Å². The second kappa shape index (κ2) is 13.6. The average Bonchev–Trinajstić information content (AvgIpc) is 3.65. The van der Waals surface area contributed by atoms with Gasteiger partial charge in [-0.05, 0) is 60.9 Å². The number of imidazole rings is 1. The topological polar surface area (TPSA) is 91.3 Å². The quantitative estimate of drug-likeness (QED) is 0.297. The molecule has 2 unspecified atom stereocenters. The van der Waals surface area contributed by atoms with E-state index >= 15 is 0 Å². The van der Waals surface area contributed by atoms with Gasteiger partial charge in [-0.15, -0.1) is 0 Å². The molecule has 0 spiro atoms. The number of anilines is 1. The first kappa shape index (κ1) is 31.8. The van der Waals surface area contributed by atoms with E-state index in [1.165, 1.54) is 6.07 Å². The molecular weight excluding hydrogens is 562 g/mol. The maximum absolute atomic E-state index is 14.4. The highest BCUT2D eigenvalue weighted by molar-refractivity contribution is 5.94. The molecule has 3 atom stereocenters. The van der Waals surface area contributed by atoms with E-state index in [1.807, 2.05) is 55.4 Å². The van der Waals surface area contributed by atoms with E-state index < -0.39 is 17.7 Å². The van der Waals surface area contributed by atoms with E-state index in [4.69, 9.17) is 0 Å². The van der Waals surface area contributed by atoms with Gasteiger partial charge in [0.2, 0.25) is 11.8 Å². The zero-order valence-corrected chi connectivity index (χ0v) is 26.1. The predicted octanol–water partition coefficient (Wildman–Crippen LogP) is 5.14. The van der Waals surface area contributed by atoms with Crippen molar-refractivity contribution in [3.8, 4) is 5.69 Å². The Balaban J connectivity index is 1.19. The predicted molar refractivity (Wildman–Crippen MR) is 167 cm³/mol. The van der Waals surface area contributed by atoms with Crippen LogP contribution in [-0.4, -0.2) is 57.5 Å². The molecule has 0 radical (unpaired) electrons. The smallest absolute Gasteiger partial charge is 0.242 e. The van der Waals surface area contributed by atoms with Crippen LogP contribution in [0.1, 0.15) is 70.1 Å². The summed E-state index contributed by atoms with van der Waals surface area (Å²) in [5.74, 6) is -0.633. The molecule has 2 aliphatic rings. The summed E-state index contributed by atoms with van der Waals surface area (Å²) in [6.07, 6.45) is 7.51. The van der Waals surface area contributed by atoms with Crippen molar-refractivity contribution in [1.82, 2.24) is 25.1 Å². The second-order valence-electron chi connectivity index (χ2n) is 13.1. The molecule has 44 heavy (non-hydrogen) atoms. The molecule has 1 aliphatic heterocycles. The summed E-state index contributed by atoms with van der Waals surface area (Å²) in [5, 5.41) is 10.0. The number of hydrogen-bond donors (Lipinski definition) is 3. The molecule has 1 fully saturated rings. The highest BCUT2D eigenvalue weighted by Gasteiger charge is 2.33. The van der Waals surface area contributed by atoms with Gasteiger partial charge in [0.15, 0.2) is 5.82 Å². The Labute approximate surface area is 258 Å². The number of aryl methyl sites for hydroxylation is 1. The van der Waals surface area contributed by atoms with Gasteiger partial charge in [-0.25, -0.2) is 13.8 Å². The van der Waals surface area contributed by atoms with Crippen molar-refractivity contribution < 1.29 is 18.4 Å². The SMILES string of the molecule is CCCC(N[C@H]1CCc2cc(F)cc(F)c2C1)C(=O)Nc1cn(-c2ccccc2CNC2CCN(C(=O)C(C)(C)C)C2)cn1. The number of fused-ring (bicyclic) bond motifs is 1. The second-order valence-corrected chi connectivity index (χ2v) is 13.1. The van der Waals surface area contributed by atoms with E-state index in [-0.39, 0.29) is 29.3 Å². The van der Waals surface area contributed by atoms with E-state index in [0.717, 1.165) is 36.7 Å². The van der Waals surface area contributed by atoms with E-state index in [1.54, 1.807) is 12.5 Å². The summed E-state index contributed by atoms with van der Waals surface area (Å²) in [4.78, 5) is 32.4. The molecule has 1 aromatic heterocycles. The monoisotopic (exact) mass is 606 g/mol. The van der Waals surface area contributed by atoms with Crippen LogP contribution in [0.25, 0.3) is 5.69 Å². The first-order chi connectivity index (χ1) is 21.0. The van der Waals surface area contributed by atoms with Crippen LogP contribution in [0, 0.1) is 17.0 Å². The third-order valence-corrected chi connectivity index (χ3v) is 8.60. The van der Waals surface area contributed by atoms with E-state index in [0.29, 0.717) is 55.7 Å². The van der Waals surface area contributed by atoms with Gasteiger partial charge in [0.1, 0.15) is 18.0 Å². The molecule has 8 nitrogen and oxygen atoms in total. The maximum atomic E-state index is 14.4. The molecule has 0 bridgehead atoms. The Kier molecular flexibility index (Phi) is 9.80. The molecule has 2 amide bonds. The molecule has 5 rings (SSSR count). The van der Waals surface area contributed by atoms with Crippen LogP contribution in [0.15, 0.2) is 48.9 Å². The van der Waals surface area contributed by atoms with Crippen molar-refractivity contribution in [2.75, 3.05) is 18.4 Å². The average molecular weight is 607 g/mol. The van der Waals surface area contributed by atoms with Crippen LogP contribution < -0.4 is 16.0 Å². The van der Waals surface area contributed by atoms with Crippen molar-refractivity contribution in [2.45, 2.75) is 90.9 Å². The fourth-order valence-electron chi connectivity index (χ4n) is 6.28. The summed E-state index contributed by atoms with van der Waals surface area (Å²) in [6.45, 7) is 9.99. The Morgan fingerprint density at radius 3 is 2.68 bits per heavy atom. The highest BCUT2D eigenvalue weighted by atomic mass is 19.1. The number of nitrogens with zero attached hydrogens (tertiary/aromatic N) is 3. The summed E-state index contributed by atoms with van der Waals surface area (Å²) in [5.41, 5.74) is 2.89. The molecule has 1 aliphatic carbocycles. The van der Waals surface area contributed by atoms with Crippen molar-refractivity contribution >= 4 is 17.6 Å². The van der Waals surface area contributed by atoms with Crippen molar-refractivity contribution in [1.29, 1.82) is 0 Å². The van der Waals surface area contributed by atoms with E-state index in [2.05, 4.69) is 27.0 Å². The standard InChI is InChI=1S/C34H44F2N6O2/c1-5-8-29(39-25-12-11-22-15-24(35)16-28(36)27(22)17-25)32(43)40-31-20-42(21-38-31)30-10-7-6-9-23(30)18-37-26-13-14-41(19-26)33(44)34(2,3)4/h6-7,9-10,15-16,20-21,25-26,29,37,39H,5,8,11-14,17-19H2,1-4H3,(H,40,43)/t25-,26?,29?/m0/s1.